The molecule has 0 saturated carbocycles. The molecule has 1 aliphatic rings. The molecular weight excluding hydrogens is 316 g/mol. The van der Waals surface area contributed by atoms with Crippen LogP contribution < -0.4 is 5.32 Å². The normalized spacial score (nSPS) is 19.7. The Morgan fingerprint density at radius 2 is 2.28 bits per heavy atom. The molecule has 0 unspecified atom stereocenters. The topological polar surface area (TPSA) is 32.3 Å². The molecule has 1 fully saturated rings. The van der Waals surface area contributed by atoms with Crippen LogP contribution in [0, 0.1) is 0 Å². The lowest BCUT2D eigenvalue weighted by atomic mass is 10.0. The zero-order valence-corrected chi connectivity index (χ0v) is 12.6. The minimum absolute atomic E-state index is 0.0635. The Hall–Kier alpha value is -0.740. The highest BCUT2D eigenvalue weighted by Crippen LogP contribution is 2.26. The predicted octanol–water partition coefficient (Wildman–Crippen LogP) is 4.51. The van der Waals surface area contributed by atoms with E-state index < -0.39 is 0 Å². The lowest BCUT2D eigenvalue weighted by molar-refractivity contribution is 0.170. The van der Waals surface area contributed by atoms with Crippen molar-refractivity contribution in [3.63, 3.8) is 0 Å². The van der Waals surface area contributed by atoms with Crippen molar-refractivity contribution < 1.29 is 4.79 Å². The molecule has 98 valence electrons. The summed E-state index contributed by atoms with van der Waals surface area (Å²) in [6.45, 7) is 2.91. The van der Waals surface area contributed by atoms with E-state index in [4.69, 9.17) is 11.6 Å². The molecule has 2 rings (SSSR count). The fourth-order valence-electron chi connectivity index (χ4n) is 2.18. The number of benzene rings is 1. The number of likely N-dealkylation sites (tertiary alicyclic amines) is 1. The maximum absolute atomic E-state index is 12.2. The van der Waals surface area contributed by atoms with Gasteiger partial charge in [0.1, 0.15) is 0 Å². The van der Waals surface area contributed by atoms with Crippen LogP contribution in [-0.4, -0.2) is 23.5 Å². The molecule has 0 aliphatic carbocycles. The van der Waals surface area contributed by atoms with Crippen LogP contribution in [0.25, 0.3) is 0 Å². The molecule has 1 saturated heterocycles. The maximum Gasteiger partial charge on any atom is 0.322 e. The molecule has 3 nitrogen and oxygen atoms in total. The Morgan fingerprint density at radius 3 is 2.94 bits per heavy atom. The minimum Gasteiger partial charge on any atom is -0.322 e. The van der Waals surface area contributed by atoms with Gasteiger partial charge in [0.25, 0.3) is 0 Å². The number of nitrogens with one attached hydrogen (secondary N) is 1. The molecule has 5 heteroatoms. The van der Waals surface area contributed by atoms with Crippen LogP contribution in [0.15, 0.2) is 22.7 Å². The number of carbonyl (C=O) groups excluding carboxylic acids is 1. The molecule has 1 atom stereocenters. The van der Waals surface area contributed by atoms with Gasteiger partial charge in [-0.2, -0.15) is 0 Å². The number of hydrogen-bond acceptors (Lipinski definition) is 1. The predicted molar refractivity (Wildman–Crippen MR) is 78.2 cm³/mol. The molecule has 2 amide bonds. The van der Waals surface area contributed by atoms with Crippen molar-refractivity contribution >= 4 is 39.2 Å². The third kappa shape index (κ3) is 3.18. The molecule has 1 aromatic rings. The first-order valence-electron chi connectivity index (χ1n) is 6.10. The average Bonchev–Trinajstić information content (AvgIpc) is 2.33. The first-order chi connectivity index (χ1) is 8.58. The summed E-state index contributed by atoms with van der Waals surface area (Å²) in [5.41, 5.74) is 0.655. The van der Waals surface area contributed by atoms with Crippen LogP contribution in [0.1, 0.15) is 26.2 Å². The van der Waals surface area contributed by atoms with E-state index in [1.807, 2.05) is 11.0 Å². The van der Waals surface area contributed by atoms with E-state index in [-0.39, 0.29) is 6.03 Å². The van der Waals surface area contributed by atoms with E-state index in [9.17, 15) is 4.79 Å². The van der Waals surface area contributed by atoms with Crippen LogP contribution in [0.2, 0.25) is 5.02 Å². The van der Waals surface area contributed by atoms with Gasteiger partial charge < -0.3 is 10.2 Å². The third-order valence-electron chi connectivity index (χ3n) is 3.24. The highest BCUT2D eigenvalue weighted by molar-refractivity contribution is 9.10. The summed E-state index contributed by atoms with van der Waals surface area (Å²) in [6, 6.07) is 5.68. The summed E-state index contributed by atoms with van der Waals surface area (Å²) in [4.78, 5) is 14.0. The van der Waals surface area contributed by atoms with Crippen LogP contribution in [0.5, 0.6) is 0 Å². The van der Waals surface area contributed by atoms with Crippen molar-refractivity contribution in [2.45, 2.75) is 32.2 Å². The number of carbonyl (C=O) groups is 1. The number of anilines is 1. The summed E-state index contributed by atoms with van der Waals surface area (Å²) in [6.07, 6.45) is 3.34. The summed E-state index contributed by atoms with van der Waals surface area (Å²) in [7, 11) is 0. The molecule has 0 radical (unpaired) electrons. The Bertz CT molecular complexity index is 453. The number of piperidine rings is 1. The van der Waals surface area contributed by atoms with Gasteiger partial charge in [0.15, 0.2) is 0 Å². The van der Waals surface area contributed by atoms with Gasteiger partial charge in [-0.05, 0) is 44.4 Å². The lowest BCUT2D eigenvalue weighted by Crippen LogP contribution is -2.44. The van der Waals surface area contributed by atoms with Crippen molar-refractivity contribution in [2.24, 2.45) is 0 Å². The fraction of sp³-hybridized carbons (Fsp3) is 0.462. The average molecular weight is 332 g/mol. The molecule has 0 spiro atoms. The number of hydrogen-bond donors (Lipinski definition) is 1. The molecule has 0 aromatic heterocycles. The molecule has 1 aromatic carbocycles. The summed E-state index contributed by atoms with van der Waals surface area (Å²) in [5.74, 6) is 0. The van der Waals surface area contributed by atoms with Crippen molar-refractivity contribution in [3.8, 4) is 0 Å². The zero-order chi connectivity index (χ0) is 13.1. The largest absolute Gasteiger partial charge is 0.322 e. The van der Waals surface area contributed by atoms with Crippen LogP contribution >= 0.6 is 27.5 Å². The Labute approximate surface area is 121 Å². The van der Waals surface area contributed by atoms with Crippen LogP contribution in [0.4, 0.5) is 10.5 Å². The second kappa shape index (κ2) is 5.93. The minimum atomic E-state index is -0.0635. The van der Waals surface area contributed by atoms with Gasteiger partial charge in [0, 0.05) is 17.1 Å². The van der Waals surface area contributed by atoms with Gasteiger partial charge >= 0.3 is 6.03 Å². The highest BCUT2D eigenvalue weighted by atomic mass is 79.9. The maximum atomic E-state index is 12.2. The van der Waals surface area contributed by atoms with Crippen molar-refractivity contribution in [1.82, 2.24) is 4.90 Å². The number of nitrogens with zero attached hydrogens (tertiary/aromatic N) is 1. The van der Waals surface area contributed by atoms with E-state index >= 15 is 0 Å². The second-order valence-electron chi connectivity index (χ2n) is 4.59. The highest BCUT2D eigenvalue weighted by Gasteiger charge is 2.23. The molecule has 1 heterocycles. The van der Waals surface area contributed by atoms with E-state index in [1.54, 1.807) is 12.1 Å². The van der Waals surface area contributed by atoms with Gasteiger partial charge in [-0.15, -0.1) is 0 Å². The number of urea groups is 1. The Balaban J connectivity index is 2.06. The SMILES string of the molecule is C[C@H]1CCCCN1C(=O)Nc1ccc(Br)cc1Cl. The third-order valence-corrected chi connectivity index (χ3v) is 4.04. The van der Waals surface area contributed by atoms with Crippen molar-refractivity contribution in [1.29, 1.82) is 0 Å². The van der Waals surface area contributed by atoms with Crippen molar-refractivity contribution in [3.05, 3.63) is 27.7 Å². The molecular formula is C13H16BrClN2O. The molecule has 18 heavy (non-hydrogen) atoms. The van der Waals surface area contributed by atoms with Gasteiger partial charge in [0.2, 0.25) is 0 Å². The summed E-state index contributed by atoms with van der Waals surface area (Å²) >= 11 is 9.43. The first kappa shape index (κ1) is 13.7. The quantitative estimate of drug-likeness (QED) is 0.807. The summed E-state index contributed by atoms with van der Waals surface area (Å²) in [5, 5.41) is 3.42. The fourth-order valence-corrected chi connectivity index (χ4v) is 2.90. The number of amides is 2. The summed E-state index contributed by atoms with van der Waals surface area (Å²) < 4.78 is 0.900. The van der Waals surface area contributed by atoms with E-state index in [0.717, 1.165) is 23.9 Å². The Morgan fingerprint density at radius 1 is 1.50 bits per heavy atom. The van der Waals surface area contributed by atoms with Gasteiger partial charge in [-0.25, -0.2) is 4.79 Å². The second-order valence-corrected chi connectivity index (χ2v) is 5.92. The number of halogens is 2. The molecule has 0 bridgehead atoms. The lowest BCUT2D eigenvalue weighted by Gasteiger charge is -2.33. The standard InChI is InChI=1S/C13H16BrClN2O/c1-9-4-2-3-7-17(9)13(18)16-12-6-5-10(14)8-11(12)15/h5-6,8-9H,2-4,7H2,1H3,(H,16,18)/t9-/m0/s1. The van der Waals surface area contributed by atoms with Crippen LogP contribution in [0.3, 0.4) is 0 Å². The molecule has 1 N–H and O–H groups in total. The van der Waals surface area contributed by atoms with E-state index in [1.165, 1.54) is 6.42 Å². The monoisotopic (exact) mass is 330 g/mol. The van der Waals surface area contributed by atoms with Gasteiger partial charge in [-0.3, -0.25) is 0 Å². The zero-order valence-electron chi connectivity index (χ0n) is 10.2. The van der Waals surface area contributed by atoms with E-state index in [0.29, 0.717) is 16.8 Å². The van der Waals surface area contributed by atoms with Gasteiger partial charge in [-0.1, -0.05) is 27.5 Å². The smallest absolute Gasteiger partial charge is 0.322 e. The van der Waals surface area contributed by atoms with Crippen molar-refractivity contribution in [2.75, 3.05) is 11.9 Å². The molecule has 1 aliphatic heterocycles. The van der Waals surface area contributed by atoms with Crippen LogP contribution in [-0.2, 0) is 0 Å². The van der Waals surface area contributed by atoms with E-state index in [2.05, 4.69) is 28.2 Å². The first-order valence-corrected chi connectivity index (χ1v) is 7.27. The van der Waals surface area contributed by atoms with Gasteiger partial charge in [0.05, 0.1) is 10.7 Å². The Kier molecular flexibility index (Phi) is 4.51. The number of rotatable bonds is 1.